The SMILES string of the molecule is C=C(O)/C=C\C(=C/C)C(CCCC)(CCCCCCCC)/C(C)=C/C=C(\C)O. The minimum Gasteiger partial charge on any atom is -0.513 e. The van der Waals surface area contributed by atoms with Gasteiger partial charge in [-0.1, -0.05) is 95.6 Å². The van der Waals surface area contributed by atoms with Crippen LogP contribution in [0.5, 0.6) is 0 Å². The Labute approximate surface area is 174 Å². The minimum absolute atomic E-state index is 0.0760. The molecule has 2 nitrogen and oxygen atoms in total. The van der Waals surface area contributed by atoms with Gasteiger partial charge in [-0.3, -0.25) is 0 Å². The molecule has 2 heteroatoms. The van der Waals surface area contributed by atoms with Crippen LogP contribution in [0.4, 0.5) is 0 Å². The third-order valence-corrected chi connectivity index (χ3v) is 5.56. The van der Waals surface area contributed by atoms with E-state index in [-0.39, 0.29) is 11.2 Å². The zero-order valence-electron chi connectivity index (χ0n) is 19.1. The highest BCUT2D eigenvalue weighted by molar-refractivity contribution is 5.38. The van der Waals surface area contributed by atoms with E-state index in [1.807, 2.05) is 6.08 Å². The Morgan fingerprint density at radius 3 is 1.93 bits per heavy atom. The highest BCUT2D eigenvalue weighted by Crippen LogP contribution is 2.46. The topological polar surface area (TPSA) is 40.5 Å². The van der Waals surface area contributed by atoms with Crippen molar-refractivity contribution in [1.82, 2.24) is 0 Å². The van der Waals surface area contributed by atoms with Crippen LogP contribution >= 0.6 is 0 Å². The van der Waals surface area contributed by atoms with E-state index in [1.165, 1.54) is 49.7 Å². The third kappa shape index (κ3) is 10.0. The Morgan fingerprint density at radius 1 is 0.821 bits per heavy atom. The van der Waals surface area contributed by atoms with Gasteiger partial charge in [0.15, 0.2) is 0 Å². The molecule has 0 heterocycles. The molecule has 0 bridgehead atoms. The molecule has 0 spiro atoms. The summed E-state index contributed by atoms with van der Waals surface area (Å²) in [5, 5.41) is 19.2. The van der Waals surface area contributed by atoms with E-state index < -0.39 is 0 Å². The molecule has 0 fully saturated rings. The second-order valence-corrected chi connectivity index (χ2v) is 7.93. The molecule has 0 aliphatic rings. The fraction of sp³-hybridized carbons (Fsp3) is 0.615. The number of hydrogen-bond donors (Lipinski definition) is 2. The average Bonchev–Trinajstić information content (AvgIpc) is 2.66. The molecule has 0 aromatic rings. The summed E-state index contributed by atoms with van der Waals surface area (Å²) in [5.74, 6) is 0.403. The average molecular weight is 389 g/mol. The van der Waals surface area contributed by atoms with Gasteiger partial charge in [-0.15, -0.1) is 0 Å². The smallest absolute Gasteiger partial charge is 0.108 e. The highest BCUT2D eigenvalue weighted by Gasteiger charge is 2.33. The van der Waals surface area contributed by atoms with Gasteiger partial charge in [0.1, 0.15) is 5.76 Å². The van der Waals surface area contributed by atoms with Crippen molar-refractivity contribution >= 4 is 0 Å². The van der Waals surface area contributed by atoms with Crippen LogP contribution < -0.4 is 0 Å². The summed E-state index contributed by atoms with van der Waals surface area (Å²) in [6, 6.07) is 0. The van der Waals surface area contributed by atoms with Gasteiger partial charge >= 0.3 is 0 Å². The van der Waals surface area contributed by atoms with E-state index in [0.717, 1.165) is 25.7 Å². The van der Waals surface area contributed by atoms with E-state index in [9.17, 15) is 10.2 Å². The Morgan fingerprint density at radius 2 is 1.39 bits per heavy atom. The molecule has 0 aromatic heterocycles. The lowest BCUT2D eigenvalue weighted by molar-refractivity contribution is 0.340. The summed E-state index contributed by atoms with van der Waals surface area (Å²) < 4.78 is 0. The van der Waals surface area contributed by atoms with Gasteiger partial charge in [0, 0.05) is 5.41 Å². The first-order chi connectivity index (χ1) is 13.3. The van der Waals surface area contributed by atoms with Crippen LogP contribution in [0.1, 0.15) is 98.8 Å². The van der Waals surface area contributed by atoms with Crippen molar-refractivity contribution in [2.24, 2.45) is 5.41 Å². The van der Waals surface area contributed by atoms with Gasteiger partial charge in [-0.25, -0.2) is 0 Å². The maximum Gasteiger partial charge on any atom is 0.108 e. The lowest BCUT2D eigenvalue weighted by Gasteiger charge is -2.37. The second-order valence-electron chi connectivity index (χ2n) is 7.93. The molecular formula is C26H44O2. The van der Waals surface area contributed by atoms with Crippen LogP contribution in [0.3, 0.4) is 0 Å². The van der Waals surface area contributed by atoms with Crippen LogP contribution in [0.25, 0.3) is 0 Å². The number of allylic oxidation sites excluding steroid dienone is 8. The molecule has 0 radical (unpaired) electrons. The fourth-order valence-corrected chi connectivity index (χ4v) is 3.84. The summed E-state index contributed by atoms with van der Waals surface area (Å²) in [4.78, 5) is 0. The molecule has 2 N–H and O–H groups in total. The zero-order chi connectivity index (χ0) is 21.4. The summed E-state index contributed by atoms with van der Waals surface area (Å²) in [5.41, 5.74) is 2.42. The van der Waals surface area contributed by atoms with Crippen molar-refractivity contribution < 1.29 is 10.2 Å². The van der Waals surface area contributed by atoms with Crippen molar-refractivity contribution in [1.29, 1.82) is 0 Å². The first kappa shape index (κ1) is 26.3. The molecule has 0 saturated heterocycles. The molecule has 0 aliphatic carbocycles. The van der Waals surface area contributed by atoms with Gasteiger partial charge in [0.2, 0.25) is 0 Å². The van der Waals surface area contributed by atoms with E-state index in [1.54, 1.807) is 19.1 Å². The third-order valence-electron chi connectivity index (χ3n) is 5.56. The van der Waals surface area contributed by atoms with Crippen molar-refractivity contribution in [3.8, 4) is 0 Å². The standard InChI is InChI=1S/C26H44O2/c1-7-10-12-13-14-15-21-26(20-11-8-2,22(4)16-17-23(5)27)25(9-3)19-18-24(6)28/h9,16-19,27-28H,6-8,10-15,20-21H2,1-5H3/b19-18-,22-16+,23-17+,25-9+. The maximum atomic E-state index is 9.65. The molecule has 1 atom stereocenters. The van der Waals surface area contributed by atoms with E-state index >= 15 is 0 Å². The second kappa shape index (κ2) is 15.2. The lowest BCUT2D eigenvalue weighted by atomic mass is 9.67. The molecule has 0 rings (SSSR count). The zero-order valence-corrected chi connectivity index (χ0v) is 19.1. The van der Waals surface area contributed by atoms with E-state index in [0.29, 0.717) is 5.76 Å². The van der Waals surface area contributed by atoms with Crippen molar-refractivity contribution in [3.05, 3.63) is 59.6 Å². The summed E-state index contributed by atoms with van der Waals surface area (Å²) in [6.07, 6.45) is 21.8. The Bertz CT molecular complexity index is 559. The maximum absolute atomic E-state index is 9.65. The van der Waals surface area contributed by atoms with Crippen molar-refractivity contribution in [3.63, 3.8) is 0 Å². The number of unbranched alkanes of at least 4 members (excludes halogenated alkanes) is 6. The van der Waals surface area contributed by atoms with Crippen LogP contribution in [0.15, 0.2) is 59.6 Å². The van der Waals surface area contributed by atoms with Crippen LogP contribution in [0, 0.1) is 5.41 Å². The predicted molar refractivity (Wildman–Crippen MR) is 125 cm³/mol. The van der Waals surface area contributed by atoms with Crippen molar-refractivity contribution in [2.75, 3.05) is 0 Å². The largest absolute Gasteiger partial charge is 0.513 e. The number of aliphatic hydroxyl groups excluding tert-OH is 2. The van der Waals surface area contributed by atoms with Gasteiger partial charge in [-0.2, -0.15) is 0 Å². The van der Waals surface area contributed by atoms with E-state index in [2.05, 4.69) is 46.4 Å². The van der Waals surface area contributed by atoms with Crippen LogP contribution in [-0.2, 0) is 0 Å². The monoisotopic (exact) mass is 388 g/mol. The number of hydrogen-bond acceptors (Lipinski definition) is 2. The highest BCUT2D eigenvalue weighted by atomic mass is 16.3. The molecule has 0 aromatic carbocycles. The van der Waals surface area contributed by atoms with Crippen LogP contribution in [0.2, 0.25) is 0 Å². The molecule has 1 unspecified atom stereocenters. The molecule has 160 valence electrons. The number of rotatable bonds is 15. The summed E-state index contributed by atoms with van der Waals surface area (Å²) >= 11 is 0. The molecule has 0 saturated carbocycles. The first-order valence-electron chi connectivity index (χ1n) is 11.1. The van der Waals surface area contributed by atoms with Gasteiger partial charge < -0.3 is 10.2 Å². The summed E-state index contributed by atoms with van der Waals surface area (Å²) in [7, 11) is 0. The normalized spacial score (nSPS) is 15.8. The molecular weight excluding hydrogens is 344 g/mol. The van der Waals surface area contributed by atoms with Crippen LogP contribution in [-0.4, -0.2) is 10.2 Å². The Balaban J connectivity index is 5.82. The predicted octanol–water partition coefficient (Wildman–Crippen LogP) is 8.90. The van der Waals surface area contributed by atoms with Gasteiger partial charge in [-0.05, 0) is 51.3 Å². The summed E-state index contributed by atoms with van der Waals surface area (Å²) in [6.45, 7) is 14.0. The first-order valence-corrected chi connectivity index (χ1v) is 11.1. The van der Waals surface area contributed by atoms with Gasteiger partial charge in [0.05, 0.1) is 5.76 Å². The Kier molecular flexibility index (Phi) is 14.3. The number of aliphatic hydroxyl groups is 2. The fourth-order valence-electron chi connectivity index (χ4n) is 3.84. The lowest BCUT2D eigenvalue weighted by Crippen LogP contribution is -2.25. The van der Waals surface area contributed by atoms with Crippen molar-refractivity contribution in [2.45, 2.75) is 98.8 Å². The van der Waals surface area contributed by atoms with Gasteiger partial charge in [0.25, 0.3) is 0 Å². The Hall–Kier alpha value is -1.70. The quantitative estimate of drug-likeness (QED) is 0.167. The molecule has 28 heavy (non-hydrogen) atoms. The van der Waals surface area contributed by atoms with E-state index in [4.69, 9.17) is 0 Å². The molecule has 0 aliphatic heterocycles. The molecule has 0 amide bonds. The minimum atomic E-state index is -0.0760.